The van der Waals surface area contributed by atoms with Crippen molar-refractivity contribution in [2.75, 3.05) is 12.4 Å². The second-order valence-corrected chi connectivity index (χ2v) is 5.71. The molecule has 2 rings (SSSR count). The van der Waals surface area contributed by atoms with Crippen molar-refractivity contribution in [2.24, 2.45) is 4.99 Å². The van der Waals surface area contributed by atoms with Gasteiger partial charge in [-0.25, -0.2) is 0 Å². The monoisotopic (exact) mass is 442 g/mol. The summed E-state index contributed by atoms with van der Waals surface area (Å²) < 4.78 is 0. The van der Waals surface area contributed by atoms with E-state index in [2.05, 4.69) is 33.1 Å². The number of amides is 1. The molecule has 1 aliphatic carbocycles. The van der Waals surface area contributed by atoms with Gasteiger partial charge in [0.2, 0.25) is 5.91 Å². The number of aliphatic imine (C=N–C) groups is 1. The third-order valence-corrected chi connectivity index (χ3v) is 3.72. The number of hydrogen-bond acceptors (Lipinski definition) is 2. The molecule has 132 valence electrons. The Morgan fingerprint density at radius 1 is 1.29 bits per heavy atom. The summed E-state index contributed by atoms with van der Waals surface area (Å²) >= 11 is 0. The number of rotatable bonds is 6. The highest BCUT2D eigenvalue weighted by atomic mass is 127. The molecule has 0 fully saturated rings. The van der Waals surface area contributed by atoms with Crippen LogP contribution in [0.5, 0.6) is 0 Å². The zero-order valence-corrected chi connectivity index (χ0v) is 16.7. The summed E-state index contributed by atoms with van der Waals surface area (Å²) in [5.74, 6) is 0.864. The van der Waals surface area contributed by atoms with E-state index in [1.807, 2.05) is 31.2 Å². The number of nitrogens with zero attached hydrogens (tertiary/aromatic N) is 1. The molecule has 5 nitrogen and oxygen atoms in total. The van der Waals surface area contributed by atoms with Gasteiger partial charge in [0.25, 0.3) is 0 Å². The third-order valence-electron chi connectivity index (χ3n) is 3.72. The number of hydrogen-bond donors (Lipinski definition) is 3. The Bertz CT molecular complexity index is 578. The zero-order chi connectivity index (χ0) is 16.5. The maximum atomic E-state index is 11.7. The highest BCUT2D eigenvalue weighted by Gasteiger charge is 2.11. The van der Waals surface area contributed by atoms with Gasteiger partial charge in [0.1, 0.15) is 0 Å². The quantitative estimate of drug-likeness (QED) is 0.274. The molecule has 0 saturated heterocycles. The van der Waals surface area contributed by atoms with E-state index in [4.69, 9.17) is 0 Å². The summed E-state index contributed by atoms with van der Waals surface area (Å²) in [6.45, 7) is 2.66. The lowest BCUT2D eigenvalue weighted by Gasteiger charge is -2.17. The van der Waals surface area contributed by atoms with Crippen molar-refractivity contribution in [3.05, 3.63) is 42.0 Å². The van der Waals surface area contributed by atoms with Gasteiger partial charge < -0.3 is 16.0 Å². The summed E-state index contributed by atoms with van der Waals surface area (Å²) in [6.07, 6.45) is 7.86. The van der Waals surface area contributed by atoms with Crippen LogP contribution in [-0.4, -0.2) is 25.0 Å². The minimum Gasteiger partial charge on any atom is -0.353 e. The minimum atomic E-state index is 0. The van der Waals surface area contributed by atoms with Gasteiger partial charge in [0.15, 0.2) is 5.96 Å². The standard InChI is InChI=1S/C18H26N4O.HI/c1-3-7-17(23)21-16-11-6-8-14(12-16)13-20-18(19-2)22-15-9-4-5-10-15;/h4-6,8,11-12,15H,3,7,9-10,13H2,1-2H3,(H,21,23)(H2,19,20,22);1H. The predicted molar refractivity (Wildman–Crippen MR) is 111 cm³/mol. The Morgan fingerprint density at radius 2 is 2.04 bits per heavy atom. The molecule has 24 heavy (non-hydrogen) atoms. The molecule has 0 spiro atoms. The SMILES string of the molecule is CCCC(=O)Nc1cccc(CNC(=NC)NC2CC=CC2)c1.I. The molecule has 0 unspecified atom stereocenters. The first-order chi connectivity index (χ1) is 11.2. The number of nitrogens with one attached hydrogen (secondary N) is 3. The van der Waals surface area contributed by atoms with E-state index >= 15 is 0 Å². The number of benzene rings is 1. The van der Waals surface area contributed by atoms with Gasteiger partial charge in [-0.1, -0.05) is 31.2 Å². The largest absolute Gasteiger partial charge is 0.353 e. The molecule has 0 aliphatic heterocycles. The molecule has 0 radical (unpaired) electrons. The smallest absolute Gasteiger partial charge is 0.224 e. The third kappa shape index (κ3) is 6.90. The van der Waals surface area contributed by atoms with E-state index in [0.717, 1.165) is 36.5 Å². The Balaban J connectivity index is 0.00000288. The number of guanidine groups is 1. The van der Waals surface area contributed by atoms with Crippen LogP contribution in [-0.2, 0) is 11.3 Å². The Morgan fingerprint density at radius 3 is 2.71 bits per heavy atom. The molecule has 1 aromatic rings. The van der Waals surface area contributed by atoms with Gasteiger partial charge in [-0.05, 0) is 37.0 Å². The fourth-order valence-corrected chi connectivity index (χ4v) is 2.52. The molecule has 0 atom stereocenters. The normalized spacial score (nSPS) is 14.2. The average molecular weight is 442 g/mol. The van der Waals surface area contributed by atoms with E-state index in [-0.39, 0.29) is 29.9 Å². The van der Waals surface area contributed by atoms with Crippen LogP contribution in [0.4, 0.5) is 5.69 Å². The maximum absolute atomic E-state index is 11.7. The van der Waals surface area contributed by atoms with Gasteiger partial charge in [-0.2, -0.15) is 0 Å². The first-order valence-corrected chi connectivity index (χ1v) is 8.22. The maximum Gasteiger partial charge on any atom is 0.224 e. The van der Waals surface area contributed by atoms with E-state index in [9.17, 15) is 4.79 Å². The fourth-order valence-electron chi connectivity index (χ4n) is 2.52. The summed E-state index contributed by atoms with van der Waals surface area (Å²) in [5, 5.41) is 9.65. The molecule has 1 aromatic carbocycles. The highest BCUT2D eigenvalue weighted by molar-refractivity contribution is 14.0. The Kier molecular flexibility index (Phi) is 9.44. The first kappa shape index (κ1) is 20.5. The Hall–Kier alpha value is -1.57. The summed E-state index contributed by atoms with van der Waals surface area (Å²) in [6, 6.07) is 8.32. The van der Waals surface area contributed by atoms with E-state index in [0.29, 0.717) is 19.0 Å². The van der Waals surface area contributed by atoms with Gasteiger partial charge in [0, 0.05) is 31.7 Å². The van der Waals surface area contributed by atoms with Crippen LogP contribution in [0.25, 0.3) is 0 Å². The van der Waals surface area contributed by atoms with Crippen LogP contribution in [0.15, 0.2) is 41.4 Å². The second-order valence-electron chi connectivity index (χ2n) is 5.71. The molecule has 3 N–H and O–H groups in total. The number of halogens is 1. The van der Waals surface area contributed by atoms with Crippen LogP contribution in [0.2, 0.25) is 0 Å². The average Bonchev–Trinajstić information content (AvgIpc) is 3.05. The number of anilines is 1. The lowest BCUT2D eigenvalue weighted by Crippen LogP contribution is -2.42. The van der Waals surface area contributed by atoms with Crippen LogP contribution in [0.3, 0.4) is 0 Å². The Labute approximate surface area is 161 Å². The van der Waals surface area contributed by atoms with Crippen molar-refractivity contribution in [1.82, 2.24) is 10.6 Å². The molecular formula is C18H27IN4O. The van der Waals surface area contributed by atoms with Crippen molar-refractivity contribution >= 4 is 41.5 Å². The molecule has 1 aliphatic rings. The molecule has 1 amide bonds. The van der Waals surface area contributed by atoms with Gasteiger partial charge in [0.05, 0.1) is 0 Å². The molecule has 0 aromatic heterocycles. The van der Waals surface area contributed by atoms with E-state index in [1.165, 1.54) is 0 Å². The molecular weight excluding hydrogens is 415 g/mol. The van der Waals surface area contributed by atoms with Crippen LogP contribution >= 0.6 is 24.0 Å². The van der Waals surface area contributed by atoms with Crippen LogP contribution < -0.4 is 16.0 Å². The van der Waals surface area contributed by atoms with Crippen molar-refractivity contribution in [2.45, 2.75) is 45.2 Å². The lowest BCUT2D eigenvalue weighted by molar-refractivity contribution is -0.116. The molecule has 6 heteroatoms. The van der Waals surface area contributed by atoms with Crippen molar-refractivity contribution < 1.29 is 4.79 Å². The van der Waals surface area contributed by atoms with Gasteiger partial charge in [-0.3, -0.25) is 9.79 Å². The molecule has 0 bridgehead atoms. The van der Waals surface area contributed by atoms with Crippen LogP contribution in [0.1, 0.15) is 38.2 Å². The minimum absolute atomic E-state index is 0. The van der Waals surface area contributed by atoms with Gasteiger partial charge in [-0.15, -0.1) is 24.0 Å². The summed E-state index contributed by atoms with van der Waals surface area (Å²) in [4.78, 5) is 15.9. The van der Waals surface area contributed by atoms with E-state index < -0.39 is 0 Å². The predicted octanol–water partition coefficient (Wildman–Crippen LogP) is 3.43. The first-order valence-electron chi connectivity index (χ1n) is 8.22. The van der Waals surface area contributed by atoms with E-state index in [1.54, 1.807) is 7.05 Å². The molecule has 0 heterocycles. The highest BCUT2D eigenvalue weighted by Crippen LogP contribution is 2.12. The van der Waals surface area contributed by atoms with Gasteiger partial charge >= 0.3 is 0 Å². The fraction of sp³-hybridized carbons (Fsp3) is 0.444. The zero-order valence-electron chi connectivity index (χ0n) is 14.3. The summed E-state index contributed by atoms with van der Waals surface area (Å²) in [7, 11) is 1.78. The molecule has 0 saturated carbocycles. The topological polar surface area (TPSA) is 65.5 Å². The van der Waals surface area contributed by atoms with Crippen molar-refractivity contribution in [1.29, 1.82) is 0 Å². The van der Waals surface area contributed by atoms with Crippen LogP contribution in [0, 0.1) is 0 Å². The second kappa shape index (κ2) is 11.1. The number of carbonyl (C=O) groups is 1. The lowest BCUT2D eigenvalue weighted by atomic mass is 10.2. The summed E-state index contributed by atoms with van der Waals surface area (Å²) in [5.41, 5.74) is 1.94. The van der Waals surface area contributed by atoms with Crippen molar-refractivity contribution in [3.8, 4) is 0 Å². The number of carbonyl (C=O) groups excluding carboxylic acids is 1. The van der Waals surface area contributed by atoms with Crippen molar-refractivity contribution in [3.63, 3.8) is 0 Å².